The third-order valence-corrected chi connectivity index (χ3v) is 2.95. The fourth-order valence-electron chi connectivity index (χ4n) is 1.44. The summed E-state index contributed by atoms with van der Waals surface area (Å²) in [6.07, 6.45) is 0.260. The maximum Gasteiger partial charge on any atom is 0.0663 e. The number of hydrogen-bond donors (Lipinski definition) is 1. The van der Waals surface area contributed by atoms with E-state index < -0.39 is 0 Å². The van der Waals surface area contributed by atoms with Crippen LogP contribution < -0.4 is 5.73 Å². The average molecular weight is 221 g/mol. The van der Waals surface area contributed by atoms with Gasteiger partial charge >= 0.3 is 0 Å². The topological polar surface area (TPSA) is 35.2 Å². The zero-order chi connectivity index (χ0) is 12.1. The van der Waals surface area contributed by atoms with Crippen LogP contribution in [0.4, 0.5) is 0 Å². The lowest BCUT2D eigenvalue weighted by atomic mass is 10.1. The molecule has 0 saturated carbocycles. The first-order valence-electron chi connectivity index (χ1n) is 5.94. The van der Waals surface area contributed by atoms with Gasteiger partial charge < -0.3 is 10.5 Å². The molecule has 0 fully saturated rings. The molecule has 0 saturated heterocycles. The highest BCUT2D eigenvalue weighted by Crippen LogP contribution is 2.14. The molecule has 0 heterocycles. The van der Waals surface area contributed by atoms with Crippen LogP contribution in [0, 0.1) is 12.8 Å². The molecule has 16 heavy (non-hydrogen) atoms. The Bertz CT molecular complexity index is 322. The first kappa shape index (κ1) is 13.2. The van der Waals surface area contributed by atoms with Crippen molar-refractivity contribution in [1.82, 2.24) is 0 Å². The lowest BCUT2D eigenvalue weighted by Crippen LogP contribution is -2.23. The molecule has 2 heteroatoms. The van der Waals surface area contributed by atoms with Gasteiger partial charge in [-0.15, -0.1) is 0 Å². The van der Waals surface area contributed by atoms with Crippen molar-refractivity contribution in [3.8, 4) is 0 Å². The Kier molecular flexibility index (Phi) is 4.97. The van der Waals surface area contributed by atoms with Crippen LogP contribution in [-0.2, 0) is 4.74 Å². The van der Waals surface area contributed by atoms with Crippen LogP contribution in [0.1, 0.15) is 37.9 Å². The predicted octanol–water partition coefficient (Wildman–Crippen LogP) is 3.06. The van der Waals surface area contributed by atoms with E-state index in [0.29, 0.717) is 12.5 Å². The van der Waals surface area contributed by atoms with Crippen molar-refractivity contribution in [1.29, 1.82) is 0 Å². The largest absolute Gasteiger partial charge is 0.376 e. The monoisotopic (exact) mass is 221 g/mol. The van der Waals surface area contributed by atoms with Crippen molar-refractivity contribution >= 4 is 0 Å². The number of aryl methyl sites for hydroxylation is 1. The standard InChI is InChI=1S/C14H23NO/c1-10(2)12(4)16-9-14(15)13-7-5-6-11(3)8-13/h5-8,10,12,14H,9,15H2,1-4H3. The number of ether oxygens (including phenoxy) is 1. The molecule has 1 rings (SSSR count). The lowest BCUT2D eigenvalue weighted by Gasteiger charge is -2.20. The second kappa shape index (κ2) is 6.02. The van der Waals surface area contributed by atoms with Gasteiger partial charge in [0.15, 0.2) is 0 Å². The van der Waals surface area contributed by atoms with E-state index in [9.17, 15) is 0 Å². The van der Waals surface area contributed by atoms with E-state index in [1.807, 2.05) is 6.07 Å². The Hall–Kier alpha value is -0.860. The van der Waals surface area contributed by atoms with Crippen LogP contribution in [0.3, 0.4) is 0 Å². The van der Waals surface area contributed by atoms with Gasteiger partial charge in [0.2, 0.25) is 0 Å². The zero-order valence-corrected chi connectivity index (χ0v) is 10.7. The quantitative estimate of drug-likeness (QED) is 0.829. The van der Waals surface area contributed by atoms with Crippen molar-refractivity contribution in [3.05, 3.63) is 35.4 Å². The normalized spacial score (nSPS) is 15.1. The molecule has 0 radical (unpaired) electrons. The second-order valence-corrected chi connectivity index (χ2v) is 4.80. The van der Waals surface area contributed by atoms with E-state index in [0.717, 1.165) is 5.56 Å². The van der Waals surface area contributed by atoms with Crippen LogP contribution in [0.2, 0.25) is 0 Å². The third kappa shape index (κ3) is 3.95. The molecule has 2 N–H and O–H groups in total. The molecule has 2 unspecified atom stereocenters. The lowest BCUT2D eigenvalue weighted by molar-refractivity contribution is 0.0272. The molecule has 90 valence electrons. The molecule has 0 aliphatic heterocycles. The van der Waals surface area contributed by atoms with Crippen molar-refractivity contribution < 1.29 is 4.74 Å². The second-order valence-electron chi connectivity index (χ2n) is 4.80. The summed E-state index contributed by atoms with van der Waals surface area (Å²) in [5.74, 6) is 0.532. The summed E-state index contributed by atoms with van der Waals surface area (Å²) >= 11 is 0. The van der Waals surface area contributed by atoms with Crippen LogP contribution in [-0.4, -0.2) is 12.7 Å². The van der Waals surface area contributed by atoms with Crippen molar-refractivity contribution in [2.45, 2.75) is 39.8 Å². The minimum atomic E-state index is -0.0268. The number of nitrogens with two attached hydrogens (primary N) is 1. The molecule has 0 amide bonds. The molecule has 0 aliphatic carbocycles. The molecule has 0 aliphatic rings. The van der Waals surface area contributed by atoms with Gasteiger partial charge in [0.1, 0.15) is 0 Å². The van der Waals surface area contributed by atoms with E-state index in [-0.39, 0.29) is 12.1 Å². The van der Waals surface area contributed by atoms with Gasteiger partial charge in [-0.1, -0.05) is 43.7 Å². The van der Waals surface area contributed by atoms with E-state index in [4.69, 9.17) is 10.5 Å². The van der Waals surface area contributed by atoms with E-state index >= 15 is 0 Å². The van der Waals surface area contributed by atoms with Gasteiger partial charge in [0.05, 0.1) is 18.8 Å². The average Bonchev–Trinajstić information content (AvgIpc) is 2.25. The summed E-state index contributed by atoms with van der Waals surface area (Å²) in [7, 11) is 0. The molecule has 2 nitrogen and oxygen atoms in total. The number of hydrogen-bond acceptors (Lipinski definition) is 2. The van der Waals surface area contributed by atoms with E-state index in [1.165, 1.54) is 5.56 Å². The Morgan fingerprint density at radius 1 is 1.25 bits per heavy atom. The van der Waals surface area contributed by atoms with Crippen molar-refractivity contribution in [2.24, 2.45) is 11.7 Å². The number of rotatable bonds is 5. The smallest absolute Gasteiger partial charge is 0.0663 e. The summed E-state index contributed by atoms with van der Waals surface area (Å²) in [5.41, 5.74) is 8.48. The molecule has 0 bridgehead atoms. The minimum Gasteiger partial charge on any atom is -0.376 e. The zero-order valence-electron chi connectivity index (χ0n) is 10.7. The fourth-order valence-corrected chi connectivity index (χ4v) is 1.44. The predicted molar refractivity (Wildman–Crippen MR) is 68.4 cm³/mol. The van der Waals surface area contributed by atoms with Gasteiger partial charge in [-0.25, -0.2) is 0 Å². The SMILES string of the molecule is Cc1cccc(C(N)COC(C)C(C)C)c1. The van der Waals surface area contributed by atoms with Crippen molar-refractivity contribution in [2.75, 3.05) is 6.61 Å². The maximum absolute atomic E-state index is 6.09. The van der Waals surface area contributed by atoms with E-state index in [1.54, 1.807) is 0 Å². The Labute approximate surface area is 98.8 Å². The Morgan fingerprint density at radius 2 is 1.94 bits per heavy atom. The highest BCUT2D eigenvalue weighted by Gasteiger charge is 2.11. The molecule has 1 aromatic rings. The number of benzene rings is 1. The Morgan fingerprint density at radius 3 is 2.50 bits per heavy atom. The highest BCUT2D eigenvalue weighted by atomic mass is 16.5. The molecule has 2 atom stereocenters. The van der Waals surface area contributed by atoms with Gasteiger partial charge in [-0.2, -0.15) is 0 Å². The van der Waals surface area contributed by atoms with E-state index in [2.05, 4.69) is 45.9 Å². The maximum atomic E-state index is 6.09. The van der Waals surface area contributed by atoms with Crippen LogP contribution in [0.25, 0.3) is 0 Å². The molecular weight excluding hydrogens is 198 g/mol. The van der Waals surface area contributed by atoms with Crippen LogP contribution >= 0.6 is 0 Å². The van der Waals surface area contributed by atoms with Gasteiger partial charge in [0.25, 0.3) is 0 Å². The molecular formula is C14H23NO. The first-order chi connectivity index (χ1) is 7.50. The first-order valence-corrected chi connectivity index (χ1v) is 5.94. The summed E-state index contributed by atoms with van der Waals surface area (Å²) in [5, 5.41) is 0. The molecule has 0 spiro atoms. The van der Waals surface area contributed by atoms with Gasteiger partial charge in [-0.3, -0.25) is 0 Å². The minimum absolute atomic E-state index is 0.0268. The summed E-state index contributed by atoms with van der Waals surface area (Å²) in [6, 6.07) is 8.26. The van der Waals surface area contributed by atoms with Gasteiger partial charge in [0, 0.05) is 0 Å². The third-order valence-electron chi connectivity index (χ3n) is 2.95. The van der Waals surface area contributed by atoms with Crippen LogP contribution in [0.5, 0.6) is 0 Å². The summed E-state index contributed by atoms with van der Waals surface area (Å²) < 4.78 is 5.73. The summed E-state index contributed by atoms with van der Waals surface area (Å²) in [6.45, 7) is 9.07. The van der Waals surface area contributed by atoms with Crippen molar-refractivity contribution in [3.63, 3.8) is 0 Å². The fraction of sp³-hybridized carbons (Fsp3) is 0.571. The molecule has 1 aromatic carbocycles. The summed E-state index contributed by atoms with van der Waals surface area (Å²) in [4.78, 5) is 0. The highest BCUT2D eigenvalue weighted by molar-refractivity contribution is 5.24. The molecule has 0 aromatic heterocycles. The Balaban J connectivity index is 2.49. The van der Waals surface area contributed by atoms with Gasteiger partial charge in [-0.05, 0) is 25.3 Å². The van der Waals surface area contributed by atoms with Crippen LogP contribution in [0.15, 0.2) is 24.3 Å².